The second-order valence-corrected chi connectivity index (χ2v) is 4.98. The van der Waals surface area contributed by atoms with Gasteiger partial charge in [-0.2, -0.15) is 0 Å². The van der Waals surface area contributed by atoms with Crippen molar-refractivity contribution in [2.24, 2.45) is 0 Å². The first kappa shape index (κ1) is 12.0. The molecule has 1 aromatic carbocycles. The normalized spacial score (nSPS) is 11.5. The maximum atomic E-state index is 10.8. The molecule has 0 saturated carbocycles. The third-order valence-electron chi connectivity index (χ3n) is 2.40. The molecule has 1 heteroatoms. The van der Waals surface area contributed by atoms with E-state index in [4.69, 9.17) is 0 Å². The van der Waals surface area contributed by atoms with Crippen LogP contribution in [-0.2, 0) is 10.2 Å². The van der Waals surface area contributed by atoms with Gasteiger partial charge in [0, 0.05) is 6.42 Å². The van der Waals surface area contributed by atoms with Crippen LogP contribution in [0.4, 0.5) is 0 Å². The topological polar surface area (TPSA) is 17.1 Å². The van der Waals surface area contributed by atoms with Crippen LogP contribution in [0.3, 0.4) is 0 Å². The zero-order valence-corrected chi connectivity index (χ0v) is 10.0. The summed E-state index contributed by atoms with van der Waals surface area (Å²) in [5, 5.41) is 0. The Morgan fingerprint density at radius 2 is 1.73 bits per heavy atom. The first-order chi connectivity index (χ1) is 6.89. The average molecular weight is 203 g/mol. The van der Waals surface area contributed by atoms with Gasteiger partial charge in [0.1, 0.15) is 5.78 Å². The van der Waals surface area contributed by atoms with Gasteiger partial charge in [-0.3, -0.25) is 0 Å². The second kappa shape index (κ2) is 4.61. The first-order valence-electron chi connectivity index (χ1n) is 5.33. The second-order valence-electron chi connectivity index (χ2n) is 4.98. The van der Waals surface area contributed by atoms with Gasteiger partial charge < -0.3 is 4.79 Å². The van der Waals surface area contributed by atoms with Crippen LogP contribution in [0.5, 0.6) is 0 Å². The quantitative estimate of drug-likeness (QED) is 0.734. The van der Waals surface area contributed by atoms with Gasteiger partial charge in [0.15, 0.2) is 0 Å². The number of benzene rings is 1. The van der Waals surface area contributed by atoms with Gasteiger partial charge in [0.2, 0.25) is 0 Å². The minimum Gasteiger partial charge on any atom is -0.300 e. The van der Waals surface area contributed by atoms with E-state index < -0.39 is 0 Å². The fraction of sp³-hybridized carbons (Fsp3) is 0.429. The van der Waals surface area contributed by atoms with Crippen molar-refractivity contribution in [3.05, 3.63) is 41.8 Å². The lowest BCUT2D eigenvalue weighted by Gasteiger charge is -2.19. The number of carbonyl (C=O) groups excluding carboxylic acids is 1. The number of hydrogen-bond donors (Lipinski definition) is 0. The molecule has 0 fully saturated rings. The SMILES string of the molecule is CC(=O)C[CH]c1ccc(C(C)(C)C)cc1. The molecule has 0 N–H and O–H groups in total. The predicted molar refractivity (Wildman–Crippen MR) is 63.8 cm³/mol. The summed E-state index contributed by atoms with van der Waals surface area (Å²) < 4.78 is 0. The number of hydrogen-bond acceptors (Lipinski definition) is 1. The van der Waals surface area contributed by atoms with Crippen LogP contribution in [0.1, 0.15) is 45.2 Å². The number of carbonyl (C=O) groups is 1. The molecule has 0 aromatic heterocycles. The predicted octanol–water partition coefficient (Wildman–Crippen LogP) is 3.52. The molecule has 0 aliphatic heterocycles. The minimum absolute atomic E-state index is 0.194. The van der Waals surface area contributed by atoms with E-state index >= 15 is 0 Å². The highest BCUT2D eigenvalue weighted by atomic mass is 16.1. The molecule has 0 aliphatic rings. The van der Waals surface area contributed by atoms with Gasteiger partial charge in [-0.15, -0.1) is 0 Å². The Labute approximate surface area is 92.5 Å². The first-order valence-corrected chi connectivity index (χ1v) is 5.33. The van der Waals surface area contributed by atoms with E-state index in [1.807, 2.05) is 6.42 Å². The van der Waals surface area contributed by atoms with E-state index in [0.29, 0.717) is 6.42 Å². The number of rotatable bonds is 3. The molecule has 0 aliphatic carbocycles. The van der Waals surface area contributed by atoms with Crippen LogP contribution >= 0.6 is 0 Å². The largest absolute Gasteiger partial charge is 0.300 e. The van der Waals surface area contributed by atoms with Crippen molar-refractivity contribution in [2.45, 2.75) is 39.5 Å². The molecular formula is C14H19O. The van der Waals surface area contributed by atoms with E-state index in [-0.39, 0.29) is 11.2 Å². The molecule has 1 rings (SSSR count). The Balaban J connectivity index is 2.69. The van der Waals surface area contributed by atoms with Crippen LogP contribution in [0, 0.1) is 6.42 Å². The average Bonchev–Trinajstić information content (AvgIpc) is 2.14. The van der Waals surface area contributed by atoms with Gasteiger partial charge in [-0.05, 0) is 29.9 Å². The van der Waals surface area contributed by atoms with Crippen molar-refractivity contribution < 1.29 is 4.79 Å². The van der Waals surface area contributed by atoms with Crippen LogP contribution in [0.2, 0.25) is 0 Å². The summed E-state index contributed by atoms with van der Waals surface area (Å²) in [4.78, 5) is 10.8. The van der Waals surface area contributed by atoms with Crippen molar-refractivity contribution >= 4 is 5.78 Å². The Bertz CT molecular complexity index is 327. The van der Waals surface area contributed by atoms with E-state index in [1.54, 1.807) is 6.92 Å². The third-order valence-corrected chi connectivity index (χ3v) is 2.40. The van der Waals surface area contributed by atoms with Gasteiger partial charge in [-0.1, -0.05) is 45.0 Å². The lowest BCUT2D eigenvalue weighted by atomic mass is 9.86. The van der Waals surface area contributed by atoms with E-state index in [0.717, 1.165) is 5.56 Å². The molecule has 0 heterocycles. The number of ketones is 1. The van der Waals surface area contributed by atoms with Crippen molar-refractivity contribution in [1.29, 1.82) is 0 Å². The lowest BCUT2D eigenvalue weighted by molar-refractivity contribution is -0.116. The lowest BCUT2D eigenvalue weighted by Crippen LogP contribution is -2.10. The molecule has 1 radical (unpaired) electrons. The molecule has 0 unspecified atom stereocenters. The summed E-state index contributed by atoms with van der Waals surface area (Å²) in [7, 11) is 0. The van der Waals surface area contributed by atoms with E-state index in [1.165, 1.54) is 5.56 Å². The molecular weight excluding hydrogens is 184 g/mol. The molecule has 1 nitrogen and oxygen atoms in total. The highest BCUT2D eigenvalue weighted by Gasteiger charge is 2.12. The van der Waals surface area contributed by atoms with Crippen LogP contribution in [0.25, 0.3) is 0 Å². The Morgan fingerprint density at radius 1 is 1.20 bits per heavy atom. The highest BCUT2D eigenvalue weighted by Crippen LogP contribution is 2.22. The standard InChI is InChI=1S/C14H19O/c1-11(15)5-6-12-7-9-13(10-8-12)14(2,3)4/h6-10H,5H2,1-4H3. The monoisotopic (exact) mass is 203 g/mol. The van der Waals surface area contributed by atoms with E-state index in [2.05, 4.69) is 45.0 Å². The highest BCUT2D eigenvalue weighted by molar-refractivity contribution is 5.77. The summed E-state index contributed by atoms with van der Waals surface area (Å²) in [5.74, 6) is 0.204. The van der Waals surface area contributed by atoms with Crippen LogP contribution < -0.4 is 0 Å². The molecule has 81 valence electrons. The molecule has 0 saturated heterocycles. The van der Waals surface area contributed by atoms with Crippen molar-refractivity contribution in [2.75, 3.05) is 0 Å². The van der Waals surface area contributed by atoms with Gasteiger partial charge >= 0.3 is 0 Å². The van der Waals surface area contributed by atoms with E-state index in [9.17, 15) is 4.79 Å². The third kappa shape index (κ3) is 3.86. The van der Waals surface area contributed by atoms with Crippen molar-refractivity contribution in [1.82, 2.24) is 0 Å². The van der Waals surface area contributed by atoms with Gasteiger partial charge in [-0.25, -0.2) is 0 Å². The smallest absolute Gasteiger partial charge is 0.130 e. The fourth-order valence-electron chi connectivity index (χ4n) is 1.38. The Morgan fingerprint density at radius 3 is 2.13 bits per heavy atom. The number of Topliss-reactive ketones (excluding diaryl/α,β-unsaturated/α-hetero) is 1. The minimum atomic E-state index is 0.194. The Hall–Kier alpha value is -1.11. The maximum absolute atomic E-state index is 10.8. The zero-order valence-electron chi connectivity index (χ0n) is 10.0. The molecule has 0 spiro atoms. The van der Waals surface area contributed by atoms with Crippen molar-refractivity contribution in [3.63, 3.8) is 0 Å². The maximum Gasteiger partial charge on any atom is 0.130 e. The molecule has 0 amide bonds. The summed E-state index contributed by atoms with van der Waals surface area (Å²) in [6, 6.07) is 8.41. The van der Waals surface area contributed by atoms with Crippen LogP contribution in [-0.4, -0.2) is 5.78 Å². The van der Waals surface area contributed by atoms with Crippen LogP contribution in [0.15, 0.2) is 24.3 Å². The summed E-state index contributed by atoms with van der Waals surface area (Å²) in [6.07, 6.45) is 2.49. The molecule has 15 heavy (non-hydrogen) atoms. The van der Waals surface area contributed by atoms with Gasteiger partial charge in [0.05, 0.1) is 0 Å². The zero-order chi connectivity index (χ0) is 11.5. The molecule has 0 bridgehead atoms. The van der Waals surface area contributed by atoms with Gasteiger partial charge in [0.25, 0.3) is 0 Å². The molecule has 1 aromatic rings. The summed E-state index contributed by atoms with van der Waals surface area (Å²) in [5.41, 5.74) is 2.64. The Kier molecular flexibility index (Phi) is 3.67. The summed E-state index contributed by atoms with van der Waals surface area (Å²) >= 11 is 0. The fourth-order valence-corrected chi connectivity index (χ4v) is 1.38. The van der Waals surface area contributed by atoms with Crippen molar-refractivity contribution in [3.8, 4) is 0 Å². The molecule has 0 atom stereocenters. The summed E-state index contributed by atoms with van der Waals surface area (Å²) in [6.45, 7) is 8.20.